The number of amides is 1. The number of aliphatic hydroxyl groups is 1. The summed E-state index contributed by atoms with van der Waals surface area (Å²) in [6, 6.07) is 7.35. The molecule has 0 aliphatic heterocycles. The van der Waals surface area contributed by atoms with E-state index in [2.05, 4.69) is 26.4 Å². The number of nitrogens with zero attached hydrogens (tertiary/aromatic N) is 1. The molecule has 0 fully saturated rings. The van der Waals surface area contributed by atoms with Gasteiger partial charge in [0, 0.05) is 9.89 Å². The van der Waals surface area contributed by atoms with Crippen molar-refractivity contribution in [2.24, 2.45) is 0 Å². The maximum atomic E-state index is 12.6. The van der Waals surface area contributed by atoms with E-state index in [1.54, 1.807) is 13.8 Å². The van der Waals surface area contributed by atoms with E-state index in [1.165, 1.54) is 0 Å². The molecule has 1 aromatic heterocycles. The number of rotatable bonds is 4. The molecule has 0 spiro atoms. The first-order chi connectivity index (χ1) is 11.0. The molecule has 1 unspecified atom stereocenters. The summed E-state index contributed by atoms with van der Waals surface area (Å²) in [6.45, 7) is 9.38. The molecule has 2 N–H and O–H groups in total. The summed E-state index contributed by atoms with van der Waals surface area (Å²) in [5.41, 5.74) is 0.293. The standard InChI is InChI=1S/C18H23BrN2O3/c1-11-14(15(21-24-11)17(2,3)4)16(22)20-10-18(5,23)12-6-8-13(19)9-7-12/h6-9,23H,10H2,1-5H3,(H,20,22). The lowest BCUT2D eigenvalue weighted by atomic mass is 9.88. The molecule has 1 aromatic carbocycles. The van der Waals surface area contributed by atoms with Gasteiger partial charge in [-0.15, -0.1) is 0 Å². The number of hydrogen-bond acceptors (Lipinski definition) is 4. The maximum Gasteiger partial charge on any atom is 0.256 e. The van der Waals surface area contributed by atoms with Gasteiger partial charge in [-0.05, 0) is 31.5 Å². The van der Waals surface area contributed by atoms with E-state index in [4.69, 9.17) is 4.52 Å². The zero-order valence-electron chi connectivity index (χ0n) is 14.6. The Morgan fingerprint density at radius 3 is 2.38 bits per heavy atom. The molecule has 1 heterocycles. The average molecular weight is 395 g/mol. The predicted octanol–water partition coefficient (Wildman–Crippen LogP) is 3.68. The second-order valence-electron chi connectivity index (χ2n) is 7.18. The lowest BCUT2D eigenvalue weighted by molar-refractivity contribution is 0.0525. The van der Waals surface area contributed by atoms with E-state index in [-0.39, 0.29) is 17.9 Å². The Balaban J connectivity index is 2.16. The van der Waals surface area contributed by atoms with Crippen molar-refractivity contribution in [3.8, 4) is 0 Å². The van der Waals surface area contributed by atoms with Crippen molar-refractivity contribution in [3.05, 3.63) is 51.3 Å². The Bertz CT molecular complexity index is 728. The van der Waals surface area contributed by atoms with E-state index in [9.17, 15) is 9.90 Å². The summed E-state index contributed by atoms with van der Waals surface area (Å²) >= 11 is 3.37. The quantitative estimate of drug-likeness (QED) is 0.828. The van der Waals surface area contributed by atoms with Crippen LogP contribution in [0.2, 0.25) is 0 Å². The summed E-state index contributed by atoms with van der Waals surface area (Å²) in [4.78, 5) is 12.6. The smallest absolute Gasteiger partial charge is 0.256 e. The van der Waals surface area contributed by atoms with Crippen molar-refractivity contribution in [1.82, 2.24) is 10.5 Å². The van der Waals surface area contributed by atoms with Crippen molar-refractivity contribution in [1.29, 1.82) is 0 Å². The van der Waals surface area contributed by atoms with E-state index < -0.39 is 5.60 Å². The number of benzene rings is 1. The third-order valence-corrected chi connectivity index (χ3v) is 4.39. The molecule has 0 bridgehead atoms. The molecule has 0 aliphatic rings. The van der Waals surface area contributed by atoms with E-state index in [1.807, 2.05) is 45.0 Å². The van der Waals surface area contributed by atoms with Crippen molar-refractivity contribution in [3.63, 3.8) is 0 Å². The molecule has 5 nitrogen and oxygen atoms in total. The molecule has 0 radical (unpaired) electrons. The van der Waals surface area contributed by atoms with Crippen LogP contribution in [0.1, 0.15) is 55.1 Å². The first-order valence-corrected chi connectivity index (χ1v) is 8.55. The highest BCUT2D eigenvalue weighted by molar-refractivity contribution is 9.10. The largest absolute Gasteiger partial charge is 0.384 e. The minimum atomic E-state index is -1.18. The van der Waals surface area contributed by atoms with Crippen LogP contribution in [0.3, 0.4) is 0 Å². The molecular formula is C18H23BrN2O3. The molecule has 2 rings (SSSR count). The second-order valence-corrected chi connectivity index (χ2v) is 8.09. The average Bonchev–Trinajstić information content (AvgIpc) is 2.87. The van der Waals surface area contributed by atoms with Gasteiger partial charge in [-0.1, -0.05) is 54.0 Å². The monoisotopic (exact) mass is 394 g/mol. The van der Waals surface area contributed by atoms with Crippen LogP contribution in [0.25, 0.3) is 0 Å². The topological polar surface area (TPSA) is 75.4 Å². The van der Waals surface area contributed by atoms with Crippen LogP contribution in [0.4, 0.5) is 0 Å². The molecule has 1 atom stereocenters. The molecule has 1 amide bonds. The number of carbonyl (C=O) groups excluding carboxylic acids is 1. The first-order valence-electron chi connectivity index (χ1n) is 7.76. The highest BCUT2D eigenvalue weighted by Gasteiger charge is 2.30. The maximum absolute atomic E-state index is 12.6. The van der Waals surface area contributed by atoms with Gasteiger partial charge in [0.05, 0.1) is 6.54 Å². The lowest BCUT2D eigenvalue weighted by Gasteiger charge is -2.24. The Hall–Kier alpha value is -1.66. The molecule has 0 saturated heterocycles. The third-order valence-electron chi connectivity index (χ3n) is 3.86. The van der Waals surface area contributed by atoms with Crippen molar-refractivity contribution >= 4 is 21.8 Å². The molecule has 24 heavy (non-hydrogen) atoms. The summed E-state index contributed by atoms with van der Waals surface area (Å²) in [5, 5.41) is 17.5. The Labute approximate surface area is 150 Å². The Morgan fingerprint density at radius 1 is 1.25 bits per heavy atom. The molecule has 0 aliphatic carbocycles. The molecule has 2 aromatic rings. The van der Waals surface area contributed by atoms with Gasteiger partial charge in [-0.3, -0.25) is 4.79 Å². The summed E-state index contributed by atoms with van der Waals surface area (Å²) < 4.78 is 6.13. The minimum Gasteiger partial charge on any atom is -0.384 e. The summed E-state index contributed by atoms with van der Waals surface area (Å²) in [5.74, 6) is 0.178. The highest BCUT2D eigenvalue weighted by Crippen LogP contribution is 2.27. The van der Waals surface area contributed by atoms with Gasteiger partial charge >= 0.3 is 0 Å². The van der Waals surface area contributed by atoms with Gasteiger partial charge < -0.3 is 14.9 Å². The molecule has 130 valence electrons. The lowest BCUT2D eigenvalue weighted by Crippen LogP contribution is -2.39. The van der Waals surface area contributed by atoms with Crippen LogP contribution >= 0.6 is 15.9 Å². The van der Waals surface area contributed by atoms with Crippen LogP contribution in [0.15, 0.2) is 33.3 Å². The zero-order chi connectivity index (χ0) is 18.1. The van der Waals surface area contributed by atoms with Gasteiger partial charge in [-0.25, -0.2) is 0 Å². The Morgan fingerprint density at radius 2 is 1.83 bits per heavy atom. The second kappa shape index (κ2) is 6.69. The van der Waals surface area contributed by atoms with E-state index >= 15 is 0 Å². The van der Waals surface area contributed by atoms with Gasteiger partial charge in [0.15, 0.2) is 0 Å². The fourth-order valence-corrected chi connectivity index (χ4v) is 2.67. The predicted molar refractivity (Wildman–Crippen MR) is 96.0 cm³/mol. The highest BCUT2D eigenvalue weighted by atomic mass is 79.9. The number of hydrogen-bond donors (Lipinski definition) is 2. The number of aromatic nitrogens is 1. The zero-order valence-corrected chi connectivity index (χ0v) is 16.2. The molecule has 0 saturated carbocycles. The third kappa shape index (κ3) is 4.05. The van der Waals surface area contributed by atoms with E-state index in [0.717, 1.165) is 10.0 Å². The minimum absolute atomic E-state index is 0.0850. The van der Waals surface area contributed by atoms with Crippen molar-refractivity contribution < 1.29 is 14.4 Å². The number of aryl methyl sites for hydroxylation is 1. The van der Waals surface area contributed by atoms with Crippen molar-refractivity contribution in [2.45, 2.75) is 45.6 Å². The van der Waals surface area contributed by atoms with Crippen LogP contribution in [-0.2, 0) is 11.0 Å². The van der Waals surface area contributed by atoms with Crippen LogP contribution in [-0.4, -0.2) is 22.7 Å². The van der Waals surface area contributed by atoms with Crippen LogP contribution in [0, 0.1) is 6.92 Å². The molecular weight excluding hydrogens is 372 g/mol. The van der Waals surface area contributed by atoms with Crippen LogP contribution < -0.4 is 5.32 Å². The number of carbonyl (C=O) groups is 1. The van der Waals surface area contributed by atoms with Gasteiger partial charge in [-0.2, -0.15) is 0 Å². The van der Waals surface area contributed by atoms with Crippen LogP contribution in [0.5, 0.6) is 0 Å². The van der Waals surface area contributed by atoms with Gasteiger partial charge in [0.25, 0.3) is 5.91 Å². The fraction of sp³-hybridized carbons (Fsp3) is 0.444. The molecule has 6 heteroatoms. The SMILES string of the molecule is Cc1onc(C(C)(C)C)c1C(=O)NCC(C)(O)c1ccc(Br)cc1. The summed E-state index contributed by atoms with van der Waals surface area (Å²) in [6.07, 6.45) is 0. The van der Waals surface area contributed by atoms with E-state index in [0.29, 0.717) is 17.0 Å². The van der Waals surface area contributed by atoms with Gasteiger partial charge in [0.2, 0.25) is 0 Å². The number of nitrogens with one attached hydrogen (secondary N) is 1. The van der Waals surface area contributed by atoms with Crippen molar-refractivity contribution in [2.75, 3.05) is 6.54 Å². The fourth-order valence-electron chi connectivity index (χ4n) is 2.40. The Kier molecular flexibility index (Phi) is 5.20. The normalized spacial score (nSPS) is 14.3. The summed E-state index contributed by atoms with van der Waals surface area (Å²) in [7, 11) is 0. The van der Waals surface area contributed by atoms with Gasteiger partial charge in [0.1, 0.15) is 22.6 Å². The first kappa shape index (κ1) is 18.7. The number of halogens is 1.